The molecule has 2 aromatic carbocycles. The van der Waals surface area contributed by atoms with E-state index in [1.807, 2.05) is 37.4 Å². The van der Waals surface area contributed by atoms with Crippen LogP contribution in [0.5, 0.6) is 0 Å². The summed E-state index contributed by atoms with van der Waals surface area (Å²) >= 11 is 1.67. The smallest absolute Gasteiger partial charge is 0.243 e. The normalized spacial score (nSPS) is 16.4. The quantitative estimate of drug-likeness (QED) is 0.602. The molecule has 3 rings (SSSR count). The van der Waals surface area contributed by atoms with E-state index in [0.717, 1.165) is 42.6 Å². The first-order valence-corrected chi connectivity index (χ1v) is 13.1. The molecule has 1 fully saturated rings. The molecule has 0 aromatic heterocycles. The molecule has 30 heavy (non-hydrogen) atoms. The van der Waals surface area contributed by atoms with Gasteiger partial charge in [0.2, 0.25) is 15.9 Å². The van der Waals surface area contributed by atoms with Gasteiger partial charge in [0.25, 0.3) is 0 Å². The van der Waals surface area contributed by atoms with Gasteiger partial charge in [0, 0.05) is 10.9 Å². The van der Waals surface area contributed by atoms with Crippen molar-refractivity contribution in [3.63, 3.8) is 0 Å². The van der Waals surface area contributed by atoms with Gasteiger partial charge >= 0.3 is 0 Å². The van der Waals surface area contributed by atoms with Gasteiger partial charge in [0.15, 0.2) is 0 Å². The predicted octanol–water partition coefficient (Wildman–Crippen LogP) is 4.61. The molecule has 1 aliphatic carbocycles. The van der Waals surface area contributed by atoms with E-state index >= 15 is 0 Å². The molecule has 1 amide bonds. The second-order valence-corrected chi connectivity index (χ2v) is 10.5. The second-order valence-electron chi connectivity index (χ2n) is 7.72. The van der Waals surface area contributed by atoms with E-state index in [1.165, 1.54) is 4.31 Å². The average Bonchev–Trinajstić information content (AvgIpc) is 2.78. The van der Waals surface area contributed by atoms with Crippen molar-refractivity contribution in [1.82, 2.24) is 9.62 Å². The van der Waals surface area contributed by atoms with Crippen molar-refractivity contribution >= 4 is 27.7 Å². The largest absolute Gasteiger partial charge is 0.348 e. The van der Waals surface area contributed by atoms with Gasteiger partial charge in [-0.3, -0.25) is 4.79 Å². The molecule has 1 saturated carbocycles. The fourth-order valence-electron chi connectivity index (χ4n) is 3.91. The van der Waals surface area contributed by atoms with Crippen LogP contribution in [0.3, 0.4) is 0 Å². The summed E-state index contributed by atoms with van der Waals surface area (Å²) in [7, 11) is -3.74. The molecular formula is C23H30N2O3S2. The Bertz CT molecular complexity index is 925. The zero-order chi connectivity index (χ0) is 21.6. The summed E-state index contributed by atoms with van der Waals surface area (Å²) in [6.45, 7) is 1.76. The van der Waals surface area contributed by atoms with Crippen LogP contribution in [0.15, 0.2) is 64.4 Å². The van der Waals surface area contributed by atoms with Crippen molar-refractivity contribution in [2.45, 2.75) is 60.9 Å². The molecule has 1 unspecified atom stereocenters. The number of sulfonamides is 1. The third-order valence-electron chi connectivity index (χ3n) is 5.62. The molecule has 162 valence electrons. The number of rotatable bonds is 8. The van der Waals surface area contributed by atoms with Crippen LogP contribution in [0.2, 0.25) is 0 Å². The van der Waals surface area contributed by atoms with Crippen molar-refractivity contribution < 1.29 is 13.2 Å². The van der Waals surface area contributed by atoms with E-state index in [2.05, 4.69) is 5.32 Å². The Labute approximate surface area is 184 Å². The summed E-state index contributed by atoms with van der Waals surface area (Å²) in [5, 5.41) is 2.97. The lowest BCUT2D eigenvalue weighted by Gasteiger charge is -2.33. The number of carbonyl (C=O) groups is 1. The Morgan fingerprint density at radius 1 is 1.07 bits per heavy atom. The third-order valence-corrected chi connectivity index (χ3v) is 8.28. The van der Waals surface area contributed by atoms with Gasteiger partial charge in [-0.1, -0.05) is 49.6 Å². The van der Waals surface area contributed by atoms with Crippen molar-refractivity contribution in [3.8, 4) is 0 Å². The van der Waals surface area contributed by atoms with Crippen LogP contribution in [0.4, 0.5) is 0 Å². The Balaban J connectivity index is 1.75. The topological polar surface area (TPSA) is 66.5 Å². The van der Waals surface area contributed by atoms with Gasteiger partial charge in [0.1, 0.15) is 0 Å². The van der Waals surface area contributed by atoms with Crippen LogP contribution in [0, 0.1) is 0 Å². The predicted molar refractivity (Wildman–Crippen MR) is 122 cm³/mol. The maximum atomic E-state index is 13.3. The number of hydrogen-bond donors (Lipinski definition) is 1. The van der Waals surface area contributed by atoms with Crippen LogP contribution in [-0.2, 0) is 14.8 Å². The molecule has 0 spiro atoms. The van der Waals surface area contributed by atoms with Gasteiger partial charge in [-0.05, 0) is 55.9 Å². The number of nitrogens with one attached hydrogen (secondary N) is 1. The fraction of sp³-hybridized carbons (Fsp3) is 0.435. The summed E-state index contributed by atoms with van der Waals surface area (Å²) in [5.74, 6) is -0.276. The van der Waals surface area contributed by atoms with Crippen LogP contribution in [-0.4, -0.2) is 37.5 Å². The van der Waals surface area contributed by atoms with Crippen LogP contribution < -0.4 is 5.32 Å². The molecule has 7 heteroatoms. The Morgan fingerprint density at radius 2 is 1.70 bits per heavy atom. The summed E-state index contributed by atoms with van der Waals surface area (Å²) in [6.07, 6.45) is 6.71. The highest BCUT2D eigenvalue weighted by Gasteiger charge is 2.34. The number of benzene rings is 2. The van der Waals surface area contributed by atoms with Crippen LogP contribution >= 0.6 is 11.8 Å². The van der Waals surface area contributed by atoms with Crippen LogP contribution in [0.1, 0.15) is 50.6 Å². The molecule has 0 bridgehead atoms. The lowest BCUT2D eigenvalue weighted by molar-refractivity contribution is -0.122. The highest BCUT2D eigenvalue weighted by atomic mass is 32.2. The van der Waals surface area contributed by atoms with E-state index in [4.69, 9.17) is 0 Å². The van der Waals surface area contributed by atoms with Gasteiger partial charge in [-0.15, -0.1) is 11.8 Å². The molecule has 0 heterocycles. The molecule has 1 aliphatic rings. The molecule has 1 N–H and O–H groups in total. The first-order valence-electron chi connectivity index (χ1n) is 10.4. The maximum absolute atomic E-state index is 13.3. The minimum absolute atomic E-state index is 0.133. The Kier molecular flexibility index (Phi) is 7.97. The van der Waals surface area contributed by atoms with Gasteiger partial charge in [-0.2, -0.15) is 4.31 Å². The molecule has 0 aliphatic heterocycles. The van der Waals surface area contributed by atoms with E-state index in [1.54, 1.807) is 42.1 Å². The summed E-state index contributed by atoms with van der Waals surface area (Å²) < 4.78 is 28.1. The average molecular weight is 447 g/mol. The lowest BCUT2D eigenvalue weighted by atomic mass is 9.95. The maximum Gasteiger partial charge on any atom is 0.243 e. The van der Waals surface area contributed by atoms with Crippen molar-refractivity contribution in [3.05, 3.63) is 60.2 Å². The molecule has 2 aromatic rings. The zero-order valence-electron chi connectivity index (χ0n) is 17.6. The first-order chi connectivity index (χ1) is 14.4. The van der Waals surface area contributed by atoms with Crippen molar-refractivity contribution in [2.24, 2.45) is 0 Å². The fourth-order valence-corrected chi connectivity index (χ4v) is 5.98. The molecule has 0 saturated heterocycles. The van der Waals surface area contributed by atoms with E-state index in [9.17, 15) is 13.2 Å². The number of carbonyl (C=O) groups excluding carboxylic acids is 1. The third kappa shape index (κ3) is 5.65. The van der Waals surface area contributed by atoms with E-state index in [-0.39, 0.29) is 29.4 Å². The molecular weight excluding hydrogens is 416 g/mol. The SMILES string of the molecule is CSc1ccc(C(C)NC(=O)CN(C2CCCCC2)S(=O)(=O)c2ccccc2)cc1. The number of amides is 1. The molecule has 0 radical (unpaired) electrons. The second kappa shape index (κ2) is 10.5. The Hall–Kier alpha value is -1.83. The van der Waals surface area contributed by atoms with Crippen molar-refractivity contribution in [1.29, 1.82) is 0 Å². The number of nitrogens with zero attached hydrogens (tertiary/aromatic N) is 1. The monoisotopic (exact) mass is 446 g/mol. The summed E-state index contributed by atoms with van der Waals surface area (Å²) in [6, 6.07) is 16.1. The van der Waals surface area contributed by atoms with Gasteiger partial charge in [0.05, 0.1) is 17.5 Å². The summed E-state index contributed by atoms with van der Waals surface area (Å²) in [5.41, 5.74) is 0.997. The van der Waals surface area contributed by atoms with Gasteiger partial charge < -0.3 is 5.32 Å². The van der Waals surface area contributed by atoms with Crippen LogP contribution in [0.25, 0.3) is 0 Å². The number of hydrogen-bond acceptors (Lipinski definition) is 4. The lowest BCUT2D eigenvalue weighted by Crippen LogP contribution is -2.47. The highest BCUT2D eigenvalue weighted by Crippen LogP contribution is 2.28. The first kappa shape index (κ1) is 22.8. The molecule has 1 atom stereocenters. The highest BCUT2D eigenvalue weighted by molar-refractivity contribution is 7.98. The Morgan fingerprint density at radius 3 is 2.30 bits per heavy atom. The van der Waals surface area contributed by atoms with E-state index in [0.29, 0.717) is 0 Å². The zero-order valence-corrected chi connectivity index (χ0v) is 19.2. The minimum Gasteiger partial charge on any atom is -0.348 e. The summed E-state index contributed by atoms with van der Waals surface area (Å²) in [4.78, 5) is 14.3. The van der Waals surface area contributed by atoms with E-state index < -0.39 is 10.0 Å². The van der Waals surface area contributed by atoms with Gasteiger partial charge in [-0.25, -0.2) is 8.42 Å². The standard InChI is InChI=1S/C23H30N2O3S2/c1-18(19-13-15-21(29-2)16-14-19)24-23(26)17-25(20-9-5-3-6-10-20)30(27,28)22-11-7-4-8-12-22/h4,7-8,11-16,18,20H,3,5-6,9-10,17H2,1-2H3,(H,24,26). The van der Waals surface area contributed by atoms with Crippen molar-refractivity contribution in [2.75, 3.05) is 12.8 Å². The molecule has 5 nitrogen and oxygen atoms in total. The number of thioether (sulfide) groups is 1. The minimum atomic E-state index is -3.74.